The average Bonchev–Trinajstić information content (AvgIpc) is 2.87. The van der Waals surface area contributed by atoms with E-state index in [9.17, 15) is 18.0 Å². The molecule has 0 aliphatic carbocycles. The second-order valence-electron chi connectivity index (χ2n) is 4.58. The highest BCUT2D eigenvalue weighted by molar-refractivity contribution is 5.95. The molecule has 20 heavy (non-hydrogen) atoms. The molecule has 110 valence electrons. The van der Waals surface area contributed by atoms with Gasteiger partial charge in [-0.05, 0) is 25.1 Å². The van der Waals surface area contributed by atoms with Crippen LogP contribution in [0.5, 0.6) is 5.88 Å². The summed E-state index contributed by atoms with van der Waals surface area (Å²) in [6, 6.07) is 1.70. The number of halogens is 3. The largest absolute Gasteiger partial charge is 0.477 e. The third kappa shape index (κ3) is 3.38. The first-order valence-corrected chi connectivity index (χ1v) is 6.09. The molecule has 1 fully saturated rings. The van der Waals surface area contributed by atoms with Crippen molar-refractivity contribution in [3.63, 3.8) is 0 Å². The SMILES string of the molecule is NC(=O)c1ccc(C(F)(F)F)nc1OCC1CCNC1. The number of carbonyl (C=O) groups excluding carboxylic acids is 1. The van der Waals surface area contributed by atoms with Gasteiger partial charge in [0.25, 0.3) is 5.91 Å². The summed E-state index contributed by atoms with van der Waals surface area (Å²) in [5.74, 6) is -1.04. The predicted molar refractivity (Wildman–Crippen MR) is 64.2 cm³/mol. The number of primary amides is 1. The molecule has 1 aliphatic heterocycles. The zero-order valence-corrected chi connectivity index (χ0v) is 10.5. The van der Waals surface area contributed by atoms with E-state index < -0.39 is 17.8 Å². The first-order valence-electron chi connectivity index (χ1n) is 6.09. The van der Waals surface area contributed by atoms with Crippen molar-refractivity contribution in [2.24, 2.45) is 11.7 Å². The molecule has 1 atom stereocenters. The minimum Gasteiger partial charge on any atom is -0.477 e. The van der Waals surface area contributed by atoms with Crippen LogP contribution in [0.4, 0.5) is 13.2 Å². The van der Waals surface area contributed by atoms with Gasteiger partial charge in [-0.25, -0.2) is 4.98 Å². The van der Waals surface area contributed by atoms with Crippen LogP contribution in [0.25, 0.3) is 0 Å². The van der Waals surface area contributed by atoms with Gasteiger partial charge in [0.15, 0.2) is 0 Å². The van der Waals surface area contributed by atoms with E-state index in [4.69, 9.17) is 10.5 Å². The fourth-order valence-electron chi connectivity index (χ4n) is 1.95. The van der Waals surface area contributed by atoms with Gasteiger partial charge in [-0.2, -0.15) is 13.2 Å². The van der Waals surface area contributed by atoms with Crippen LogP contribution in [0.2, 0.25) is 0 Å². The number of aromatic nitrogens is 1. The lowest BCUT2D eigenvalue weighted by molar-refractivity contribution is -0.141. The maximum Gasteiger partial charge on any atom is 0.433 e. The second kappa shape index (κ2) is 5.66. The van der Waals surface area contributed by atoms with Gasteiger partial charge >= 0.3 is 6.18 Å². The van der Waals surface area contributed by atoms with Crippen molar-refractivity contribution in [1.29, 1.82) is 0 Å². The summed E-state index contributed by atoms with van der Waals surface area (Å²) in [7, 11) is 0. The molecule has 0 radical (unpaired) electrons. The Morgan fingerprint density at radius 2 is 2.25 bits per heavy atom. The third-order valence-electron chi connectivity index (χ3n) is 3.03. The molecule has 2 heterocycles. The van der Waals surface area contributed by atoms with Crippen LogP contribution in [0.15, 0.2) is 12.1 Å². The standard InChI is InChI=1S/C12H14F3N3O2/c13-12(14,15)9-2-1-8(10(16)19)11(18-9)20-6-7-3-4-17-5-7/h1-2,7,17H,3-6H2,(H2,16,19). The zero-order valence-electron chi connectivity index (χ0n) is 10.5. The lowest BCUT2D eigenvalue weighted by Crippen LogP contribution is -2.20. The van der Waals surface area contributed by atoms with Crippen LogP contribution >= 0.6 is 0 Å². The van der Waals surface area contributed by atoms with E-state index >= 15 is 0 Å². The quantitative estimate of drug-likeness (QED) is 0.873. The molecule has 1 amide bonds. The molecule has 0 bridgehead atoms. The maximum absolute atomic E-state index is 12.6. The van der Waals surface area contributed by atoms with Crippen molar-refractivity contribution in [2.75, 3.05) is 19.7 Å². The summed E-state index contributed by atoms with van der Waals surface area (Å²) in [5, 5.41) is 3.11. The Morgan fingerprint density at radius 1 is 1.50 bits per heavy atom. The number of ether oxygens (including phenoxy) is 1. The Morgan fingerprint density at radius 3 is 2.80 bits per heavy atom. The lowest BCUT2D eigenvalue weighted by atomic mass is 10.1. The van der Waals surface area contributed by atoms with Gasteiger partial charge in [0, 0.05) is 12.5 Å². The smallest absolute Gasteiger partial charge is 0.433 e. The van der Waals surface area contributed by atoms with Crippen LogP contribution in [-0.4, -0.2) is 30.6 Å². The Kier molecular flexibility index (Phi) is 4.12. The van der Waals surface area contributed by atoms with Crippen molar-refractivity contribution < 1.29 is 22.7 Å². The molecule has 1 aromatic heterocycles. The van der Waals surface area contributed by atoms with Gasteiger partial charge in [0.1, 0.15) is 11.3 Å². The molecule has 5 nitrogen and oxygen atoms in total. The molecule has 0 spiro atoms. The number of amides is 1. The molecule has 1 aliphatic rings. The Balaban J connectivity index is 2.20. The predicted octanol–water partition coefficient (Wildman–Crippen LogP) is 1.19. The van der Waals surface area contributed by atoms with Gasteiger partial charge in [-0.1, -0.05) is 0 Å². The number of nitrogens with one attached hydrogen (secondary N) is 1. The van der Waals surface area contributed by atoms with E-state index in [1.165, 1.54) is 0 Å². The van der Waals surface area contributed by atoms with Crippen LogP contribution < -0.4 is 15.8 Å². The average molecular weight is 289 g/mol. The fourth-order valence-corrected chi connectivity index (χ4v) is 1.95. The van der Waals surface area contributed by atoms with Crippen molar-refractivity contribution in [3.05, 3.63) is 23.4 Å². The number of pyridine rings is 1. The first-order chi connectivity index (χ1) is 9.38. The van der Waals surface area contributed by atoms with Crippen molar-refractivity contribution in [3.8, 4) is 5.88 Å². The zero-order chi connectivity index (χ0) is 14.8. The number of hydrogen-bond donors (Lipinski definition) is 2. The molecule has 2 rings (SSSR count). The number of nitrogens with two attached hydrogens (primary N) is 1. The fraction of sp³-hybridized carbons (Fsp3) is 0.500. The van der Waals surface area contributed by atoms with Crippen LogP contribution in [-0.2, 0) is 6.18 Å². The molecule has 8 heteroatoms. The van der Waals surface area contributed by atoms with Gasteiger partial charge in [0.2, 0.25) is 5.88 Å². The van der Waals surface area contributed by atoms with Crippen LogP contribution in [0, 0.1) is 5.92 Å². The number of rotatable bonds is 4. The first kappa shape index (κ1) is 14.6. The number of nitrogens with zero attached hydrogens (tertiary/aromatic N) is 1. The Labute approximate surface area is 113 Å². The maximum atomic E-state index is 12.6. The lowest BCUT2D eigenvalue weighted by Gasteiger charge is -2.14. The van der Waals surface area contributed by atoms with Crippen molar-refractivity contribution >= 4 is 5.91 Å². The molecule has 0 saturated carbocycles. The van der Waals surface area contributed by atoms with E-state index in [-0.39, 0.29) is 24.0 Å². The summed E-state index contributed by atoms with van der Waals surface area (Å²) in [5.41, 5.74) is 3.85. The summed E-state index contributed by atoms with van der Waals surface area (Å²) < 4.78 is 43.1. The summed E-state index contributed by atoms with van der Waals surface area (Å²) in [6.07, 6.45) is -3.73. The molecule has 1 unspecified atom stereocenters. The molecular formula is C12H14F3N3O2. The summed E-state index contributed by atoms with van der Waals surface area (Å²) in [6.45, 7) is 1.76. The molecule has 3 N–H and O–H groups in total. The van der Waals surface area contributed by atoms with E-state index in [0.717, 1.165) is 25.6 Å². The van der Waals surface area contributed by atoms with Crippen LogP contribution in [0.3, 0.4) is 0 Å². The molecular weight excluding hydrogens is 275 g/mol. The van der Waals surface area contributed by atoms with E-state index in [0.29, 0.717) is 6.07 Å². The molecule has 0 aromatic carbocycles. The van der Waals surface area contributed by atoms with Crippen molar-refractivity contribution in [2.45, 2.75) is 12.6 Å². The van der Waals surface area contributed by atoms with Crippen LogP contribution in [0.1, 0.15) is 22.5 Å². The van der Waals surface area contributed by atoms with E-state index in [1.807, 2.05) is 0 Å². The third-order valence-corrected chi connectivity index (χ3v) is 3.03. The summed E-state index contributed by atoms with van der Waals surface area (Å²) in [4.78, 5) is 14.5. The number of carbonyl (C=O) groups is 1. The second-order valence-corrected chi connectivity index (χ2v) is 4.58. The molecule has 1 saturated heterocycles. The van der Waals surface area contributed by atoms with Gasteiger partial charge in [-0.3, -0.25) is 4.79 Å². The van der Waals surface area contributed by atoms with Gasteiger partial charge in [-0.15, -0.1) is 0 Å². The van der Waals surface area contributed by atoms with Gasteiger partial charge in [0.05, 0.1) is 6.61 Å². The Hall–Kier alpha value is -1.83. The minimum absolute atomic E-state index is 0.149. The number of hydrogen-bond acceptors (Lipinski definition) is 4. The highest BCUT2D eigenvalue weighted by Gasteiger charge is 2.34. The van der Waals surface area contributed by atoms with Crippen molar-refractivity contribution in [1.82, 2.24) is 10.3 Å². The highest BCUT2D eigenvalue weighted by atomic mass is 19.4. The number of alkyl halides is 3. The Bertz CT molecular complexity index is 499. The van der Waals surface area contributed by atoms with E-state index in [2.05, 4.69) is 10.3 Å². The van der Waals surface area contributed by atoms with Gasteiger partial charge < -0.3 is 15.8 Å². The highest BCUT2D eigenvalue weighted by Crippen LogP contribution is 2.30. The normalized spacial score (nSPS) is 19.1. The van der Waals surface area contributed by atoms with E-state index in [1.54, 1.807) is 0 Å². The minimum atomic E-state index is -4.59. The summed E-state index contributed by atoms with van der Waals surface area (Å²) >= 11 is 0. The monoisotopic (exact) mass is 289 g/mol. The molecule has 1 aromatic rings. The topological polar surface area (TPSA) is 77.2 Å².